The quantitative estimate of drug-likeness (QED) is 0.690. The van der Waals surface area contributed by atoms with Crippen molar-refractivity contribution >= 4 is 5.78 Å². The predicted octanol–water partition coefficient (Wildman–Crippen LogP) is 4.90. The highest BCUT2D eigenvalue weighted by molar-refractivity contribution is 5.84. The molecule has 0 rings (SSSR count). The Morgan fingerprint density at radius 1 is 1.00 bits per heavy atom. The van der Waals surface area contributed by atoms with Gasteiger partial charge in [0.15, 0.2) is 0 Å². The molecule has 0 N–H and O–H groups in total. The van der Waals surface area contributed by atoms with Crippen LogP contribution < -0.4 is 0 Å². The summed E-state index contributed by atoms with van der Waals surface area (Å²) in [6.45, 7) is 17.2. The standard InChI is InChI=1S/C18H35NO/c1-14(12-19(9)10)18(7,8)13-17(5,6)11-15(20)16(2,3)4/h12H,11,13H2,1-10H3/b14-12+. The molecule has 0 amide bonds. The topological polar surface area (TPSA) is 20.3 Å². The molecule has 0 bridgehead atoms. The molecule has 2 heteroatoms. The molecule has 0 unspecified atom stereocenters. The molecule has 20 heavy (non-hydrogen) atoms. The van der Waals surface area contributed by atoms with Crippen LogP contribution in [0.25, 0.3) is 0 Å². The zero-order valence-corrected chi connectivity index (χ0v) is 15.3. The molecule has 0 aliphatic carbocycles. The Kier molecular flexibility index (Phi) is 6.07. The van der Waals surface area contributed by atoms with Gasteiger partial charge in [0.05, 0.1) is 0 Å². The summed E-state index contributed by atoms with van der Waals surface area (Å²) in [4.78, 5) is 14.4. The maximum absolute atomic E-state index is 12.3. The molecule has 0 spiro atoms. The van der Waals surface area contributed by atoms with Crippen molar-refractivity contribution in [3.05, 3.63) is 11.8 Å². The van der Waals surface area contributed by atoms with Crippen molar-refractivity contribution in [2.75, 3.05) is 14.1 Å². The van der Waals surface area contributed by atoms with Gasteiger partial charge in [0.1, 0.15) is 5.78 Å². The molecule has 0 aromatic rings. The van der Waals surface area contributed by atoms with Gasteiger partial charge in [-0.25, -0.2) is 0 Å². The lowest BCUT2D eigenvalue weighted by Gasteiger charge is -2.37. The van der Waals surface area contributed by atoms with Gasteiger partial charge < -0.3 is 4.90 Å². The van der Waals surface area contributed by atoms with Crippen molar-refractivity contribution in [2.45, 2.75) is 68.2 Å². The van der Waals surface area contributed by atoms with E-state index in [-0.39, 0.29) is 16.2 Å². The van der Waals surface area contributed by atoms with Gasteiger partial charge in [-0.1, -0.05) is 54.0 Å². The lowest BCUT2D eigenvalue weighted by molar-refractivity contribution is -0.128. The van der Waals surface area contributed by atoms with Crippen LogP contribution in [0.15, 0.2) is 11.8 Å². The van der Waals surface area contributed by atoms with Crippen molar-refractivity contribution in [2.24, 2.45) is 16.2 Å². The monoisotopic (exact) mass is 281 g/mol. The molecule has 118 valence electrons. The molecular formula is C18H35NO. The Bertz CT molecular complexity index is 367. The lowest BCUT2D eigenvalue weighted by atomic mass is 9.68. The van der Waals surface area contributed by atoms with Crippen molar-refractivity contribution in [3.8, 4) is 0 Å². The largest absolute Gasteiger partial charge is 0.384 e. The molecule has 0 aliphatic rings. The molecule has 0 aromatic carbocycles. The van der Waals surface area contributed by atoms with Crippen molar-refractivity contribution in [1.82, 2.24) is 4.90 Å². The Morgan fingerprint density at radius 3 is 1.80 bits per heavy atom. The number of rotatable bonds is 6. The third-order valence-corrected chi connectivity index (χ3v) is 3.92. The number of carbonyl (C=O) groups excluding carboxylic acids is 1. The number of nitrogens with zero attached hydrogens (tertiary/aromatic N) is 1. The van der Waals surface area contributed by atoms with Crippen LogP contribution in [0.4, 0.5) is 0 Å². The van der Waals surface area contributed by atoms with Crippen LogP contribution in [-0.2, 0) is 4.79 Å². The summed E-state index contributed by atoms with van der Waals surface area (Å²) in [5.74, 6) is 0.354. The molecule has 0 atom stereocenters. The van der Waals surface area contributed by atoms with E-state index in [1.165, 1.54) is 5.57 Å². The molecule has 0 fully saturated rings. The zero-order chi connectivity index (χ0) is 16.4. The Morgan fingerprint density at radius 2 is 1.45 bits per heavy atom. The van der Waals surface area contributed by atoms with Crippen LogP contribution >= 0.6 is 0 Å². The van der Waals surface area contributed by atoms with Gasteiger partial charge >= 0.3 is 0 Å². The number of ketones is 1. The first-order valence-corrected chi connectivity index (χ1v) is 7.56. The molecule has 0 saturated carbocycles. The molecule has 0 heterocycles. The fourth-order valence-corrected chi connectivity index (χ4v) is 2.66. The first-order valence-electron chi connectivity index (χ1n) is 7.56. The molecule has 2 nitrogen and oxygen atoms in total. The van der Waals surface area contributed by atoms with Gasteiger partial charge in [0, 0.05) is 25.9 Å². The van der Waals surface area contributed by atoms with E-state index >= 15 is 0 Å². The summed E-state index contributed by atoms with van der Waals surface area (Å²) in [6.07, 6.45) is 3.84. The van der Waals surface area contributed by atoms with Gasteiger partial charge in [-0.3, -0.25) is 4.79 Å². The van der Waals surface area contributed by atoms with E-state index in [0.29, 0.717) is 12.2 Å². The van der Waals surface area contributed by atoms with Gasteiger partial charge in [0.2, 0.25) is 0 Å². The second kappa shape index (κ2) is 6.32. The van der Waals surface area contributed by atoms with Crippen molar-refractivity contribution in [3.63, 3.8) is 0 Å². The van der Waals surface area contributed by atoms with E-state index in [1.54, 1.807) is 0 Å². The van der Waals surface area contributed by atoms with Crippen LogP contribution in [0, 0.1) is 16.2 Å². The fraction of sp³-hybridized carbons (Fsp3) is 0.833. The van der Waals surface area contributed by atoms with E-state index in [4.69, 9.17) is 0 Å². The first-order chi connectivity index (χ1) is 8.67. The summed E-state index contributed by atoms with van der Waals surface area (Å²) >= 11 is 0. The van der Waals surface area contributed by atoms with E-state index in [1.807, 2.05) is 34.9 Å². The maximum Gasteiger partial charge on any atom is 0.138 e. The number of Topliss-reactive ketones (excluding diaryl/α,β-unsaturated/α-hetero) is 1. The third kappa shape index (κ3) is 6.58. The van der Waals surface area contributed by atoms with Crippen LogP contribution in [0.3, 0.4) is 0 Å². The highest BCUT2D eigenvalue weighted by atomic mass is 16.1. The van der Waals surface area contributed by atoms with Crippen molar-refractivity contribution in [1.29, 1.82) is 0 Å². The highest BCUT2D eigenvalue weighted by Crippen LogP contribution is 2.42. The Balaban J connectivity index is 4.96. The molecule has 0 saturated heterocycles. The minimum Gasteiger partial charge on any atom is -0.384 e. The van der Waals surface area contributed by atoms with Gasteiger partial charge in [-0.2, -0.15) is 0 Å². The van der Waals surface area contributed by atoms with Crippen LogP contribution in [0.1, 0.15) is 68.2 Å². The Labute approximate surface area is 126 Å². The second-order valence-electron chi connectivity index (χ2n) is 8.85. The summed E-state index contributed by atoms with van der Waals surface area (Å²) in [5.41, 5.74) is 1.25. The van der Waals surface area contributed by atoms with E-state index in [9.17, 15) is 4.79 Å². The zero-order valence-electron chi connectivity index (χ0n) is 15.3. The predicted molar refractivity (Wildman–Crippen MR) is 88.7 cm³/mol. The van der Waals surface area contributed by atoms with Crippen LogP contribution in [0.5, 0.6) is 0 Å². The number of hydrogen-bond donors (Lipinski definition) is 0. The molecule has 0 aromatic heterocycles. The molecule has 0 radical (unpaired) electrons. The summed E-state index contributed by atoms with van der Waals surface area (Å²) < 4.78 is 0. The Hall–Kier alpha value is -0.790. The summed E-state index contributed by atoms with van der Waals surface area (Å²) in [7, 11) is 4.10. The first kappa shape index (κ1) is 19.2. The van der Waals surface area contributed by atoms with Gasteiger partial charge in [-0.15, -0.1) is 0 Å². The third-order valence-electron chi connectivity index (χ3n) is 3.92. The molecule has 0 aliphatic heterocycles. The number of carbonyl (C=O) groups is 1. The van der Waals surface area contributed by atoms with Crippen LogP contribution in [-0.4, -0.2) is 24.8 Å². The second-order valence-corrected chi connectivity index (χ2v) is 8.85. The minimum absolute atomic E-state index is 0.0231. The normalized spacial score (nSPS) is 14.4. The average Bonchev–Trinajstić information content (AvgIpc) is 2.11. The van der Waals surface area contributed by atoms with Gasteiger partial charge in [0.25, 0.3) is 0 Å². The van der Waals surface area contributed by atoms with Crippen molar-refractivity contribution < 1.29 is 4.79 Å². The minimum atomic E-state index is -0.240. The summed E-state index contributed by atoms with van der Waals surface area (Å²) in [6, 6.07) is 0. The number of hydrogen-bond acceptors (Lipinski definition) is 2. The smallest absolute Gasteiger partial charge is 0.138 e. The van der Waals surface area contributed by atoms with Crippen LogP contribution in [0.2, 0.25) is 0 Å². The maximum atomic E-state index is 12.3. The van der Waals surface area contributed by atoms with E-state index in [2.05, 4.69) is 45.7 Å². The number of allylic oxidation sites excluding steroid dienone is 1. The SMILES string of the molecule is C/C(=C\N(C)C)C(C)(C)CC(C)(C)CC(=O)C(C)(C)C. The highest BCUT2D eigenvalue weighted by Gasteiger charge is 2.34. The van der Waals surface area contributed by atoms with E-state index in [0.717, 1.165) is 6.42 Å². The summed E-state index contributed by atoms with van der Waals surface area (Å²) in [5, 5.41) is 0. The average molecular weight is 281 g/mol. The lowest BCUT2D eigenvalue weighted by Crippen LogP contribution is -2.31. The fourth-order valence-electron chi connectivity index (χ4n) is 2.66. The van der Waals surface area contributed by atoms with Gasteiger partial charge in [-0.05, 0) is 30.4 Å². The van der Waals surface area contributed by atoms with E-state index < -0.39 is 0 Å². The molecular weight excluding hydrogens is 246 g/mol.